The highest BCUT2D eigenvalue weighted by molar-refractivity contribution is 5.78. The van der Waals surface area contributed by atoms with Crippen LogP contribution in [0.2, 0.25) is 0 Å². The molecule has 0 spiro atoms. The molecule has 1 atom stereocenters. The molecular weight excluding hydrogens is 372 g/mol. The number of phenolic OH excluding ortho intramolecular Hbond substituents is 1. The SMILES string of the molecule is CCCCCCCCCCOC(=O)C(C)c1cc(C(C)(C)C)c(O)c(C(C)(C)C)c1. The van der Waals surface area contributed by atoms with Gasteiger partial charge in [-0.3, -0.25) is 4.79 Å². The molecule has 3 nitrogen and oxygen atoms in total. The van der Waals surface area contributed by atoms with Gasteiger partial charge in [-0.25, -0.2) is 0 Å². The molecule has 0 heterocycles. The molecule has 0 saturated carbocycles. The number of carbonyl (C=O) groups is 1. The van der Waals surface area contributed by atoms with Gasteiger partial charge in [0.25, 0.3) is 0 Å². The maximum Gasteiger partial charge on any atom is 0.313 e. The molecule has 0 bridgehead atoms. The van der Waals surface area contributed by atoms with Crippen molar-refractivity contribution in [1.29, 1.82) is 0 Å². The van der Waals surface area contributed by atoms with E-state index in [1.807, 2.05) is 19.1 Å². The number of esters is 1. The maximum absolute atomic E-state index is 12.7. The Morgan fingerprint density at radius 3 is 1.73 bits per heavy atom. The van der Waals surface area contributed by atoms with Gasteiger partial charge < -0.3 is 9.84 Å². The Labute approximate surface area is 185 Å². The fourth-order valence-electron chi connectivity index (χ4n) is 3.72. The van der Waals surface area contributed by atoms with Gasteiger partial charge in [-0.2, -0.15) is 0 Å². The molecule has 0 aliphatic carbocycles. The summed E-state index contributed by atoms with van der Waals surface area (Å²) >= 11 is 0. The van der Waals surface area contributed by atoms with Crippen molar-refractivity contribution >= 4 is 5.97 Å². The topological polar surface area (TPSA) is 46.5 Å². The fraction of sp³-hybridized carbons (Fsp3) is 0.741. The van der Waals surface area contributed by atoms with E-state index in [2.05, 4.69) is 48.5 Å². The Bertz CT molecular complexity index is 627. The van der Waals surface area contributed by atoms with Gasteiger partial charge in [0.2, 0.25) is 0 Å². The van der Waals surface area contributed by atoms with Crippen molar-refractivity contribution in [1.82, 2.24) is 0 Å². The van der Waals surface area contributed by atoms with Crippen LogP contribution >= 0.6 is 0 Å². The lowest BCUT2D eigenvalue weighted by molar-refractivity contribution is -0.145. The molecule has 1 unspecified atom stereocenters. The van der Waals surface area contributed by atoms with Gasteiger partial charge in [0, 0.05) is 0 Å². The van der Waals surface area contributed by atoms with E-state index in [4.69, 9.17) is 4.74 Å². The Morgan fingerprint density at radius 2 is 1.30 bits per heavy atom. The first kappa shape index (κ1) is 26.5. The lowest BCUT2D eigenvalue weighted by Gasteiger charge is -2.29. The van der Waals surface area contributed by atoms with Crippen LogP contribution in [0.1, 0.15) is 129 Å². The van der Waals surface area contributed by atoms with Crippen LogP contribution in [0.5, 0.6) is 5.75 Å². The zero-order valence-electron chi connectivity index (χ0n) is 20.9. The summed E-state index contributed by atoms with van der Waals surface area (Å²) < 4.78 is 5.58. The van der Waals surface area contributed by atoms with Gasteiger partial charge in [0.1, 0.15) is 5.75 Å². The molecule has 1 N–H and O–H groups in total. The molecule has 0 aliphatic heterocycles. The summed E-state index contributed by atoms with van der Waals surface area (Å²) in [6.07, 6.45) is 9.82. The zero-order chi connectivity index (χ0) is 22.9. The predicted octanol–water partition coefficient (Wildman–Crippen LogP) is 7.77. The summed E-state index contributed by atoms with van der Waals surface area (Å²) in [6.45, 7) is 17.2. The zero-order valence-corrected chi connectivity index (χ0v) is 20.9. The third-order valence-corrected chi connectivity index (χ3v) is 5.84. The summed E-state index contributed by atoms with van der Waals surface area (Å²) in [5, 5.41) is 10.9. The second-order valence-electron chi connectivity index (χ2n) is 10.8. The molecule has 1 rings (SSSR count). The van der Waals surface area contributed by atoms with Crippen LogP contribution in [0.4, 0.5) is 0 Å². The Morgan fingerprint density at radius 1 is 0.867 bits per heavy atom. The van der Waals surface area contributed by atoms with E-state index in [0.717, 1.165) is 29.5 Å². The molecule has 1 aromatic rings. The first-order valence-electron chi connectivity index (χ1n) is 11.9. The highest BCUT2D eigenvalue weighted by atomic mass is 16.5. The summed E-state index contributed by atoms with van der Waals surface area (Å²) in [7, 11) is 0. The minimum atomic E-state index is -0.346. The van der Waals surface area contributed by atoms with Crippen LogP contribution in [-0.4, -0.2) is 17.7 Å². The molecule has 0 aromatic heterocycles. The Balaban J connectivity index is 2.71. The minimum absolute atomic E-state index is 0.177. The van der Waals surface area contributed by atoms with Gasteiger partial charge in [-0.1, -0.05) is 106 Å². The lowest BCUT2D eigenvalue weighted by Crippen LogP contribution is -2.20. The molecular formula is C27H46O3. The molecule has 0 radical (unpaired) electrons. The Hall–Kier alpha value is -1.51. The van der Waals surface area contributed by atoms with Gasteiger partial charge in [-0.15, -0.1) is 0 Å². The maximum atomic E-state index is 12.7. The van der Waals surface area contributed by atoms with Crippen molar-refractivity contribution in [2.45, 2.75) is 124 Å². The van der Waals surface area contributed by atoms with Crippen LogP contribution < -0.4 is 0 Å². The fourth-order valence-corrected chi connectivity index (χ4v) is 3.72. The number of benzene rings is 1. The van der Waals surface area contributed by atoms with E-state index in [1.165, 1.54) is 38.5 Å². The smallest absolute Gasteiger partial charge is 0.313 e. The van der Waals surface area contributed by atoms with Gasteiger partial charge in [-0.05, 0) is 40.9 Å². The molecule has 0 amide bonds. The summed E-state index contributed by atoms with van der Waals surface area (Å²) in [4.78, 5) is 12.7. The lowest BCUT2D eigenvalue weighted by atomic mass is 9.77. The van der Waals surface area contributed by atoms with E-state index in [-0.39, 0.29) is 22.7 Å². The number of hydrogen-bond donors (Lipinski definition) is 1. The highest BCUT2D eigenvalue weighted by Crippen LogP contribution is 2.41. The van der Waals surface area contributed by atoms with E-state index >= 15 is 0 Å². The standard InChI is InChI=1S/C27H46O3/c1-9-10-11-12-13-14-15-16-17-30-25(29)20(2)21-18-22(26(3,4)5)24(28)23(19-21)27(6,7)8/h18-20,28H,9-17H2,1-8H3. The largest absolute Gasteiger partial charge is 0.507 e. The molecule has 30 heavy (non-hydrogen) atoms. The molecule has 172 valence electrons. The van der Waals surface area contributed by atoms with Crippen LogP contribution in [-0.2, 0) is 20.4 Å². The monoisotopic (exact) mass is 418 g/mol. The number of carbonyl (C=O) groups excluding carboxylic acids is 1. The van der Waals surface area contributed by atoms with Crippen molar-refractivity contribution in [3.8, 4) is 5.75 Å². The number of phenols is 1. The Kier molecular flexibility index (Phi) is 10.4. The van der Waals surface area contributed by atoms with Crippen molar-refractivity contribution in [2.75, 3.05) is 6.61 Å². The molecule has 3 heteroatoms. The van der Waals surface area contributed by atoms with Crippen molar-refractivity contribution in [2.24, 2.45) is 0 Å². The van der Waals surface area contributed by atoms with Gasteiger partial charge in [0.15, 0.2) is 0 Å². The highest BCUT2D eigenvalue weighted by Gasteiger charge is 2.29. The van der Waals surface area contributed by atoms with Crippen molar-refractivity contribution in [3.05, 3.63) is 28.8 Å². The van der Waals surface area contributed by atoms with Gasteiger partial charge in [0.05, 0.1) is 12.5 Å². The van der Waals surface area contributed by atoms with Crippen LogP contribution in [0, 0.1) is 0 Å². The molecule has 0 aliphatic rings. The minimum Gasteiger partial charge on any atom is -0.507 e. The number of ether oxygens (including phenoxy) is 1. The molecule has 0 fully saturated rings. The first-order chi connectivity index (χ1) is 13.9. The van der Waals surface area contributed by atoms with E-state index in [0.29, 0.717) is 12.4 Å². The second-order valence-corrected chi connectivity index (χ2v) is 10.8. The quantitative estimate of drug-likeness (QED) is 0.295. The van der Waals surface area contributed by atoms with Crippen molar-refractivity contribution in [3.63, 3.8) is 0 Å². The number of unbranched alkanes of at least 4 members (excludes halogenated alkanes) is 7. The summed E-state index contributed by atoms with van der Waals surface area (Å²) in [6, 6.07) is 3.96. The predicted molar refractivity (Wildman–Crippen MR) is 127 cm³/mol. The van der Waals surface area contributed by atoms with E-state index < -0.39 is 0 Å². The average molecular weight is 419 g/mol. The number of aromatic hydroxyl groups is 1. The van der Waals surface area contributed by atoms with Crippen LogP contribution in [0.25, 0.3) is 0 Å². The normalized spacial score (nSPS) is 13.3. The van der Waals surface area contributed by atoms with E-state index in [9.17, 15) is 9.90 Å². The van der Waals surface area contributed by atoms with Crippen LogP contribution in [0.3, 0.4) is 0 Å². The molecule has 0 saturated heterocycles. The number of rotatable bonds is 11. The summed E-state index contributed by atoms with van der Waals surface area (Å²) in [5.74, 6) is -0.177. The first-order valence-corrected chi connectivity index (χ1v) is 11.9. The van der Waals surface area contributed by atoms with Crippen molar-refractivity contribution < 1.29 is 14.6 Å². The van der Waals surface area contributed by atoms with Crippen LogP contribution in [0.15, 0.2) is 12.1 Å². The third kappa shape index (κ3) is 8.32. The van der Waals surface area contributed by atoms with E-state index in [1.54, 1.807) is 0 Å². The molecule has 1 aromatic carbocycles. The summed E-state index contributed by atoms with van der Waals surface area (Å²) in [5.41, 5.74) is 2.27. The average Bonchev–Trinajstić information content (AvgIpc) is 2.64. The second kappa shape index (κ2) is 11.8. The third-order valence-electron chi connectivity index (χ3n) is 5.84. The van der Waals surface area contributed by atoms with Gasteiger partial charge >= 0.3 is 5.97 Å². The number of hydrogen-bond acceptors (Lipinski definition) is 3.